The molecule has 6 heteroatoms. The van der Waals surface area contributed by atoms with E-state index in [1.807, 2.05) is 25.1 Å². The van der Waals surface area contributed by atoms with Crippen molar-refractivity contribution >= 4 is 23.6 Å². The summed E-state index contributed by atoms with van der Waals surface area (Å²) in [5, 5.41) is 15.4. The van der Waals surface area contributed by atoms with Crippen molar-refractivity contribution in [2.75, 3.05) is 0 Å². The van der Waals surface area contributed by atoms with Crippen molar-refractivity contribution in [2.24, 2.45) is 5.92 Å². The normalized spacial score (nSPS) is 22.6. The van der Waals surface area contributed by atoms with Crippen LogP contribution in [0.25, 0.3) is 0 Å². The molecule has 1 aliphatic carbocycles. The fourth-order valence-electron chi connectivity index (χ4n) is 2.77. The molecule has 0 aromatic heterocycles. The van der Waals surface area contributed by atoms with E-state index in [4.69, 9.17) is 16.7 Å². The van der Waals surface area contributed by atoms with Crippen LogP contribution in [-0.2, 0) is 4.79 Å². The van der Waals surface area contributed by atoms with E-state index in [2.05, 4.69) is 10.6 Å². The summed E-state index contributed by atoms with van der Waals surface area (Å²) in [6.45, 7) is 1.90. The molecule has 1 aromatic carbocycles. The number of carboxylic acid groups (broad SMARTS) is 1. The monoisotopic (exact) mass is 324 g/mol. The second-order valence-corrected chi connectivity index (χ2v) is 6.22. The number of hydrogen-bond donors (Lipinski definition) is 3. The Kier molecular flexibility index (Phi) is 5.66. The highest BCUT2D eigenvalue weighted by molar-refractivity contribution is 6.30. The van der Waals surface area contributed by atoms with Gasteiger partial charge in [0.15, 0.2) is 0 Å². The van der Waals surface area contributed by atoms with Crippen molar-refractivity contribution in [3.8, 4) is 0 Å². The van der Waals surface area contributed by atoms with Gasteiger partial charge in [-0.25, -0.2) is 4.79 Å². The van der Waals surface area contributed by atoms with Crippen molar-refractivity contribution in [3.05, 3.63) is 34.9 Å². The highest BCUT2D eigenvalue weighted by atomic mass is 35.5. The lowest BCUT2D eigenvalue weighted by Crippen LogP contribution is -2.44. The third-order valence-electron chi connectivity index (χ3n) is 4.11. The van der Waals surface area contributed by atoms with Gasteiger partial charge in [0.1, 0.15) is 0 Å². The molecular formula is C16H21ClN2O3. The number of aliphatic carboxylic acids is 1. The van der Waals surface area contributed by atoms with Crippen LogP contribution in [0, 0.1) is 5.92 Å². The Morgan fingerprint density at radius 2 is 1.95 bits per heavy atom. The fraction of sp³-hybridized carbons (Fsp3) is 0.500. The summed E-state index contributed by atoms with van der Waals surface area (Å²) < 4.78 is 0. The van der Waals surface area contributed by atoms with Gasteiger partial charge in [-0.05, 0) is 50.3 Å². The lowest BCUT2D eigenvalue weighted by molar-refractivity contribution is -0.142. The lowest BCUT2D eigenvalue weighted by atomic mass is 9.86. The van der Waals surface area contributed by atoms with Gasteiger partial charge in [0.2, 0.25) is 0 Å². The van der Waals surface area contributed by atoms with E-state index < -0.39 is 5.97 Å². The van der Waals surface area contributed by atoms with E-state index >= 15 is 0 Å². The Morgan fingerprint density at radius 3 is 2.55 bits per heavy atom. The average molecular weight is 325 g/mol. The third-order valence-corrected chi connectivity index (χ3v) is 4.34. The van der Waals surface area contributed by atoms with Crippen LogP contribution in [0.5, 0.6) is 0 Å². The molecule has 3 N–H and O–H groups in total. The quantitative estimate of drug-likeness (QED) is 0.794. The Morgan fingerprint density at radius 1 is 1.27 bits per heavy atom. The zero-order valence-electron chi connectivity index (χ0n) is 12.5. The number of carboxylic acids is 1. The zero-order valence-corrected chi connectivity index (χ0v) is 13.3. The number of carbonyl (C=O) groups is 2. The maximum absolute atomic E-state index is 12.0. The van der Waals surface area contributed by atoms with Crippen LogP contribution in [0.4, 0.5) is 4.79 Å². The number of benzene rings is 1. The van der Waals surface area contributed by atoms with Gasteiger partial charge in [0.05, 0.1) is 12.0 Å². The smallest absolute Gasteiger partial charge is 0.315 e. The van der Waals surface area contributed by atoms with Gasteiger partial charge < -0.3 is 15.7 Å². The summed E-state index contributed by atoms with van der Waals surface area (Å²) in [5.41, 5.74) is 0.942. The first-order valence-corrected chi connectivity index (χ1v) is 7.89. The molecule has 5 nitrogen and oxygen atoms in total. The minimum absolute atomic E-state index is 0.0437. The highest BCUT2D eigenvalue weighted by Crippen LogP contribution is 2.24. The van der Waals surface area contributed by atoms with Crippen LogP contribution >= 0.6 is 11.6 Å². The summed E-state index contributed by atoms with van der Waals surface area (Å²) >= 11 is 5.94. The van der Waals surface area contributed by atoms with Crippen molar-refractivity contribution in [1.29, 1.82) is 0 Å². The second-order valence-electron chi connectivity index (χ2n) is 5.78. The molecule has 1 saturated carbocycles. The molecule has 1 fully saturated rings. The van der Waals surface area contributed by atoms with Crippen molar-refractivity contribution in [1.82, 2.24) is 10.6 Å². The topological polar surface area (TPSA) is 78.4 Å². The Balaban J connectivity index is 1.80. The van der Waals surface area contributed by atoms with Crippen LogP contribution in [0.1, 0.15) is 44.2 Å². The van der Waals surface area contributed by atoms with Gasteiger partial charge in [0.25, 0.3) is 0 Å². The van der Waals surface area contributed by atoms with Crippen molar-refractivity contribution in [3.63, 3.8) is 0 Å². The first kappa shape index (κ1) is 16.6. The number of halogens is 1. The van der Waals surface area contributed by atoms with Crippen LogP contribution < -0.4 is 10.6 Å². The Hall–Kier alpha value is -1.75. The summed E-state index contributed by atoms with van der Waals surface area (Å²) in [6.07, 6.45) is 2.64. The summed E-state index contributed by atoms with van der Waals surface area (Å²) in [6, 6.07) is 7.04. The minimum Gasteiger partial charge on any atom is -0.481 e. The molecule has 0 spiro atoms. The molecule has 2 rings (SSSR count). The highest BCUT2D eigenvalue weighted by Gasteiger charge is 2.26. The SMILES string of the molecule is CC(NC(=O)NC1CCC(C(=O)O)CC1)c1cccc(Cl)c1. The number of urea groups is 1. The number of nitrogens with one attached hydrogen (secondary N) is 2. The molecule has 1 aromatic rings. The molecule has 2 amide bonds. The number of hydrogen-bond acceptors (Lipinski definition) is 2. The number of rotatable bonds is 4. The van der Waals surface area contributed by atoms with Crippen molar-refractivity contribution in [2.45, 2.75) is 44.7 Å². The van der Waals surface area contributed by atoms with Crippen LogP contribution in [0.2, 0.25) is 5.02 Å². The molecular weight excluding hydrogens is 304 g/mol. The number of amides is 2. The Bertz CT molecular complexity index is 542. The predicted molar refractivity (Wildman–Crippen MR) is 84.9 cm³/mol. The van der Waals surface area contributed by atoms with Crippen LogP contribution in [0.15, 0.2) is 24.3 Å². The summed E-state index contributed by atoms with van der Waals surface area (Å²) in [5.74, 6) is -1.01. The van der Waals surface area contributed by atoms with E-state index in [-0.39, 0.29) is 24.0 Å². The van der Waals surface area contributed by atoms with Gasteiger partial charge >= 0.3 is 12.0 Å². The molecule has 1 atom stereocenters. The molecule has 1 unspecified atom stereocenters. The average Bonchev–Trinajstić information content (AvgIpc) is 2.47. The maximum atomic E-state index is 12.0. The Labute approximate surface area is 135 Å². The van der Waals surface area contributed by atoms with Gasteiger partial charge in [-0.1, -0.05) is 23.7 Å². The fourth-order valence-corrected chi connectivity index (χ4v) is 2.97. The van der Waals surface area contributed by atoms with Gasteiger partial charge in [0, 0.05) is 11.1 Å². The predicted octanol–water partition coefficient (Wildman–Crippen LogP) is 3.34. The number of carbonyl (C=O) groups excluding carboxylic acids is 1. The molecule has 22 heavy (non-hydrogen) atoms. The van der Waals surface area contributed by atoms with Crippen LogP contribution in [-0.4, -0.2) is 23.1 Å². The minimum atomic E-state index is -0.738. The molecule has 0 saturated heterocycles. The van der Waals surface area contributed by atoms with E-state index in [9.17, 15) is 9.59 Å². The second kappa shape index (κ2) is 7.49. The van der Waals surface area contributed by atoms with Crippen LogP contribution in [0.3, 0.4) is 0 Å². The van der Waals surface area contributed by atoms with E-state index in [0.717, 1.165) is 5.56 Å². The lowest BCUT2D eigenvalue weighted by Gasteiger charge is -2.27. The molecule has 120 valence electrons. The zero-order chi connectivity index (χ0) is 16.1. The largest absolute Gasteiger partial charge is 0.481 e. The maximum Gasteiger partial charge on any atom is 0.315 e. The first-order chi connectivity index (χ1) is 10.5. The molecule has 0 bridgehead atoms. The van der Waals surface area contributed by atoms with E-state index in [0.29, 0.717) is 30.7 Å². The van der Waals surface area contributed by atoms with E-state index in [1.165, 1.54) is 0 Å². The first-order valence-electron chi connectivity index (χ1n) is 7.51. The van der Waals surface area contributed by atoms with Crippen molar-refractivity contribution < 1.29 is 14.7 Å². The van der Waals surface area contributed by atoms with Gasteiger partial charge in [-0.2, -0.15) is 0 Å². The summed E-state index contributed by atoms with van der Waals surface area (Å²) in [7, 11) is 0. The standard InChI is InChI=1S/C16H21ClN2O3/c1-10(12-3-2-4-13(17)9-12)18-16(22)19-14-7-5-11(6-8-14)15(20)21/h2-4,9-11,14H,5-8H2,1H3,(H,20,21)(H2,18,19,22). The van der Waals surface area contributed by atoms with Gasteiger partial charge in [-0.3, -0.25) is 4.79 Å². The molecule has 0 radical (unpaired) electrons. The third kappa shape index (κ3) is 4.63. The van der Waals surface area contributed by atoms with Gasteiger partial charge in [-0.15, -0.1) is 0 Å². The molecule has 0 heterocycles. The molecule has 0 aliphatic heterocycles. The molecule has 1 aliphatic rings. The summed E-state index contributed by atoms with van der Waals surface area (Å²) in [4.78, 5) is 22.9. The van der Waals surface area contributed by atoms with E-state index in [1.54, 1.807) is 6.07 Å².